The number of amides is 1. The number of likely N-dealkylation sites (tertiary alicyclic amines) is 1. The van der Waals surface area contributed by atoms with Gasteiger partial charge in [0.15, 0.2) is 0 Å². The zero-order valence-electron chi connectivity index (χ0n) is 15.6. The summed E-state index contributed by atoms with van der Waals surface area (Å²) in [5.74, 6) is 0.508. The number of nitrogens with one attached hydrogen (secondary N) is 1. The first-order valence-electron chi connectivity index (χ1n) is 8.87. The quantitative estimate of drug-likeness (QED) is 0.863. The second-order valence-corrected chi connectivity index (χ2v) is 8.68. The number of rotatable bonds is 4. The molecule has 2 fully saturated rings. The van der Waals surface area contributed by atoms with Gasteiger partial charge in [-0.3, -0.25) is 0 Å². The van der Waals surface area contributed by atoms with Gasteiger partial charge in [-0.1, -0.05) is 13.8 Å². The van der Waals surface area contributed by atoms with Crippen molar-refractivity contribution in [2.24, 2.45) is 11.3 Å². The van der Waals surface area contributed by atoms with Crippen molar-refractivity contribution in [2.75, 3.05) is 26.7 Å². The van der Waals surface area contributed by atoms with Crippen LogP contribution in [0.1, 0.15) is 53.9 Å². The minimum Gasteiger partial charge on any atom is -0.444 e. The molecule has 2 aliphatic rings. The summed E-state index contributed by atoms with van der Waals surface area (Å²) in [7, 11) is 1.79. The molecule has 0 aromatic carbocycles. The van der Waals surface area contributed by atoms with Gasteiger partial charge in [0, 0.05) is 31.7 Å². The largest absolute Gasteiger partial charge is 0.444 e. The third-order valence-electron chi connectivity index (χ3n) is 5.29. The molecular weight excluding hydrogens is 292 g/mol. The molecule has 1 aliphatic carbocycles. The van der Waals surface area contributed by atoms with Gasteiger partial charge in [0.2, 0.25) is 0 Å². The van der Waals surface area contributed by atoms with E-state index in [1.165, 1.54) is 6.42 Å². The van der Waals surface area contributed by atoms with E-state index in [4.69, 9.17) is 9.47 Å². The van der Waals surface area contributed by atoms with Crippen molar-refractivity contribution in [2.45, 2.75) is 71.6 Å². The van der Waals surface area contributed by atoms with Crippen molar-refractivity contribution in [1.29, 1.82) is 0 Å². The number of hydrogen-bond donors (Lipinski definition) is 1. The lowest BCUT2D eigenvalue weighted by Crippen LogP contribution is -2.61. The Morgan fingerprint density at radius 1 is 1.35 bits per heavy atom. The van der Waals surface area contributed by atoms with Crippen LogP contribution in [0.5, 0.6) is 0 Å². The highest BCUT2D eigenvalue weighted by molar-refractivity contribution is 5.68. The van der Waals surface area contributed by atoms with E-state index in [1.807, 2.05) is 25.7 Å². The molecule has 5 nitrogen and oxygen atoms in total. The molecule has 0 aromatic rings. The van der Waals surface area contributed by atoms with Gasteiger partial charge < -0.3 is 19.7 Å². The Morgan fingerprint density at radius 3 is 2.61 bits per heavy atom. The fourth-order valence-corrected chi connectivity index (χ4v) is 3.66. The number of hydrogen-bond acceptors (Lipinski definition) is 4. The molecule has 0 bridgehead atoms. The second-order valence-electron chi connectivity index (χ2n) is 8.68. The molecule has 23 heavy (non-hydrogen) atoms. The summed E-state index contributed by atoms with van der Waals surface area (Å²) in [6, 6.07) is 0.504. The van der Waals surface area contributed by atoms with Crippen LogP contribution in [0.3, 0.4) is 0 Å². The third kappa shape index (κ3) is 4.60. The average molecular weight is 326 g/mol. The van der Waals surface area contributed by atoms with Gasteiger partial charge in [-0.25, -0.2) is 4.79 Å². The zero-order chi connectivity index (χ0) is 17.3. The van der Waals surface area contributed by atoms with E-state index in [-0.39, 0.29) is 11.5 Å². The van der Waals surface area contributed by atoms with E-state index in [0.717, 1.165) is 32.5 Å². The Kier molecular flexibility index (Phi) is 5.62. The Balaban J connectivity index is 1.78. The summed E-state index contributed by atoms with van der Waals surface area (Å²) in [4.78, 5) is 14.1. The van der Waals surface area contributed by atoms with Crippen molar-refractivity contribution in [1.82, 2.24) is 10.2 Å². The lowest BCUT2D eigenvalue weighted by molar-refractivity contribution is -0.0984. The van der Waals surface area contributed by atoms with Crippen molar-refractivity contribution in [3.63, 3.8) is 0 Å². The Hall–Kier alpha value is -0.810. The van der Waals surface area contributed by atoms with Crippen LogP contribution in [-0.4, -0.2) is 55.5 Å². The van der Waals surface area contributed by atoms with Crippen LogP contribution >= 0.6 is 0 Å². The first-order valence-corrected chi connectivity index (χ1v) is 8.87. The number of carbonyl (C=O) groups excluding carboxylic acids is 1. The van der Waals surface area contributed by atoms with Crippen molar-refractivity contribution in [3.05, 3.63) is 0 Å². The molecule has 5 heteroatoms. The molecule has 1 amide bonds. The predicted octanol–water partition coefficient (Wildman–Crippen LogP) is 3.04. The van der Waals surface area contributed by atoms with Crippen LogP contribution in [0.4, 0.5) is 4.79 Å². The van der Waals surface area contributed by atoms with E-state index in [9.17, 15) is 4.79 Å². The Bertz CT molecular complexity index is 417. The maximum atomic E-state index is 12.2. The van der Waals surface area contributed by atoms with E-state index < -0.39 is 5.60 Å². The normalized spacial score (nSPS) is 30.7. The molecule has 3 unspecified atom stereocenters. The highest BCUT2D eigenvalue weighted by Crippen LogP contribution is 2.42. The molecule has 0 spiro atoms. The number of ether oxygens (including phenoxy) is 2. The lowest BCUT2D eigenvalue weighted by Gasteiger charge is -2.52. The second kappa shape index (κ2) is 6.98. The number of piperidine rings is 1. The van der Waals surface area contributed by atoms with E-state index >= 15 is 0 Å². The molecule has 1 saturated carbocycles. The molecular formula is C18H34N2O3. The molecule has 0 aromatic heterocycles. The minimum absolute atomic E-state index is 0.175. The molecule has 1 heterocycles. The summed E-state index contributed by atoms with van der Waals surface area (Å²) in [5, 5.41) is 3.69. The van der Waals surface area contributed by atoms with E-state index in [0.29, 0.717) is 18.1 Å². The fourth-order valence-electron chi connectivity index (χ4n) is 3.66. The summed E-state index contributed by atoms with van der Waals surface area (Å²) < 4.78 is 11.0. The van der Waals surface area contributed by atoms with E-state index in [1.54, 1.807) is 7.11 Å². The number of nitrogens with zero attached hydrogens (tertiary/aromatic N) is 1. The molecule has 3 atom stereocenters. The summed E-state index contributed by atoms with van der Waals surface area (Å²) in [6.45, 7) is 12.8. The van der Waals surface area contributed by atoms with Gasteiger partial charge in [-0.2, -0.15) is 0 Å². The number of carbonyl (C=O) groups is 1. The number of methoxy groups -OCH3 is 1. The predicted molar refractivity (Wildman–Crippen MR) is 91.5 cm³/mol. The Labute approximate surface area is 141 Å². The topological polar surface area (TPSA) is 50.8 Å². The minimum atomic E-state index is -0.423. The molecule has 1 aliphatic heterocycles. The third-order valence-corrected chi connectivity index (χ3v) is 5.29. The van der Waals surface area contributed by atoms with Crippen LogP contribution < -0.4 is 5.32 Å². The first kappa shape index (κ1) is 18.5. The first-order chi connectivity index (χ1) is 10.6. The van der Waals surface area contributed by atoms with Gasteiger partial charge >= 0.3 is 6.09 Å². The highest BCUT2D eigenvalue weighted by atomic mass is 16.6. The lowest BCUT2D eigenvalue weighted by atomic mass is 9.64. The van der Waals surface area contributed by atoms with Crippen LogP contribution in [0, 0.1) is 11.3 Å². The van der Waals surface area contributed by atoms with Gasteiger partial charge in [0.25, 0.3) is 0 Å². The maximum Gasteiger partial charge on any atom is 0.410 e. The summed E-state index contributed by atoms with van der Waals surface area (Å²) in [5.41, 5.74) is -0.234. The van der Waals surface area contributed by atoms with Crippen LogP contribution in [-0.2, 0) is 9.47 Å². The maximum absolute atomic E-state index is 12.2. The van der Waals surface area contributed by atoms with Crippen LogP contribution in [0.25, 0.3) is 0 Å². The smallest absolute Gasteiger partial charge is 0.410 e. The van der Waals surface area contributed by atoms with Crippen LogP contribution in [0.2, 0.25) is 0 Å². The SMILES string of the molecule is COC1CC(NCC2CCCN(C(=O)OC(C)(C)C)C2)C1(C)C. The van der Waals surface area contributed by atoms with Crippen LogP contribution in [0.15, 0.2) is 0 Å². The van der Waals surface area contributed by atoms with Gasteiger partial charge in [-0.15, -0.1) is 0 Å². The van der Waals surface area contributed by atoms with Crippen molar-refractivity contribution < 1.29 is 14.3 Å². The molecule has 1 N–H and O–H groups in total. The van der Waals surface area contributed by atoms with Crippen molar-refractivity contribution in [3.8, 4) is 0 Å². The summed E-state index contributed by atoms with van der Waals surface area (Å²) in [6.07, 6.45) is 3.48. The molecule has 1 saturated heterocycles. The molecule has 0 radical (unpaired) electrons. The van der Waals surface area contributed by atoms with Gasteiger partial charge in [-0.05, 0) is 52.5 Å². The standard InChI is InChI=1S/C18H34N2O3/c1-17(2,3)23-16(21)20-9-7-8-13(12-20)11-19-14-10-15(22-6)18(14,4)5/h13-15,19H,7-12H2,1-6H3. The molecule has 134 valence electrons. The van der Waals surface area contributed by atoms with Gasteiger partial charge in [0.1, 0.15) is 5.60 Å². The van der Waals surface area contributed by atoms with E-state index in [2.05, 4.69) is 19.2 Å². The Morgan fingerprint density at radius 2 is 2.04 bits per heavy atom. The summed E-state index contributed by atoms with van der Waals surface area (Å²) >= 11 is 0. The average Bonchev–Trinajstić information content (AvgIpc) is 2.45. The highest BCUT2D eigenvalue weighted by Gasteiger charge is 2.48. The fraction of sp³-hybridized carbons (Fsp3) is 0.944. The van der Waals surface area contributed by atoms with Crippen molar-refractivity contribution >= 4 is 6.09 Å². The zero-order valence-corrected chi connectivity index (χ0v) is 15.6. The monoisotopic (exact) mass is 326 g/mol. The van der Waals surface area contributed by atoms with Gasteiger partial charge in [0.05, 0.1) is 6.10 Å². The molecule has 2 rings (SSSR count).